The monoisotopic (exact) mass is 360 g/mol. The molecule has 0 heterocycles. The van der Waals surface area contributed by atoms with Gasteiger partial charge < -0.3 is 15.4 Å². The van der Waals surface area contributed by atoms with E-state index in [4.69, 9.17) is 4.74 Å². The molecule has 0 aliphatic carbocycles. The fourth-order valence-electron chi connectivity index (χ4n) is 2.49. The highest BCUT2D eigenvalue weighted by atomic mass is 16.5. The number of nitrogens with one attached hydrogen (secondary N) is 2. The van der Waals surface area contributed by atoms with Crippen LogP contribution in [-0.4, -0.2) is 37.4 Å². The van der Waals surface area contributed by atoms with Gasteiger partial charge in [0.05, 0.1) is 0 Å². The Balaban J connectivity index is 2.41. The van der Waals surface area contributed by atoms with Crippen molar-refractivity contribution in [1.82, 2.24) is 10.6 Å². The predicted octanol–water partition coefficient (Wildman–Crippen LogP) is 3.04. The number of ether oxygens (including phenoxy) is 1. The third-order valence-electron chi connectivity index (χ3n) is 4.20. The molecule has 1 aromatic rings. The molecule has 1 aromatic carbocycles. The number of aldehydes is 1. The first-order valence-corrected chi connectivity index (χ1v) is 9.16. The number of rotatable bonds is 13. The summed E-state index contributed by atoms with van der Waals surface area (Å²) in [6.45, 7) is 9.18. The Kier molecular flexibility index (Phi) is 9.66. The molecule has 1 amide bonds. The maximum atomic E-state index is 10.9. The molecular formula is C21H32N2O3. The fourth-order valence-corrected chi connectivity index (χ4v) is 2.49. The molecule has 2 N–H and O–H groups in total. The van der Waals surface area contributed by atoms with Gasteiger partial charge in [-0.1, -0.05) is 23.8 Å². The van der Waals surface area contributed by atoms with Crippen molar-refractivity contribution in [3.05, 3.63) is 41.5 Å². The SMILES string of the molecule is C/C=C(\C)CNCC(CCCc1ccc(OC(C)(C)C=O)cc1)NC=O. The molecule has 0 aliphatic heterocycles. The summed E-state index contributed by atoms with van der Waals surface area (Å²) in [4.78, 5) is 21.7. The van der Waals surface area contributed by atoms with Crippen LogP contribution in [0.4, 0.5) is 0 Å². The zero-order valence-corrected chi connectivity index (χ0v) is 16.4. The van der Waals surface area contributed by atoms with Gasteiger partial charge in [0.15, 0.2) is 11.9 Å². The smallest absolute Gasteiger partial charge is 0.207 e. The maximum Gasteiger partial charge on any atom is 0.207 e. The van der Waals surface area contributed by atoms with Gasteiger partial charge in [-0.25, -0.2) is 0 Å². The first kappa shape index (κ1) is 21.9. The Morgan fingerprint density at radius 1 is 1.23 bits per heavy atom. The minimum absolute atomic E-state index is 0.133. The Morgan fingerprint density at radius 3 is 2.50 bits per heavy atom. The van der Waals surface area contributed by atoms with Crippen molar-refractivity contribution in [2.45, 2.75) is 58.6 Å². The van der Waals surface area contributed by atoms with Crippen molar-refractivity contribution in [1.29, 1.82) is 0 Å². The minimum Gasteiger partial charge on any atom is -0.480 e. The third kappa shape index (κ3) is 8.81. The lowest BCUT2D eigenvalue weighted by Crippen LogP contribution is -2.38. The lowest BCUT2D eigenvalue weighted by Gasteiger charge is -2.20. The zero-order chi connectivity index (χ0) is 19.4. The minimum atomic E-state index is -0.812. The zero-order valence-electron chi connectivity index (χ0n) is 16.4. The highest BCUT2D eigenvalue weighted by molar-refractivity contribution is 5.61. The summed E-state index contributed by atoms with van der Waals surface area (Å²) in [5, 5.41) is 6.26. The second-order valence-electron chi connectivity index (χ2n) is 7.11. The van der Waals surface area contributed by atoms with Crippen molar-refractivity contribution < 1.29 is 14.3 Å². The topological polar surface area (TPSA) is 67.4 Å². The van der Waals surface area contributed by atoms with E-state index in [0.29, 0.717) is 5.75 Å². The van der Waals surface area contributed by atoms with E-state index in [1.807, 2.05) is 31.2 Å². The predicted molar refractivity (Wildman–Crippen MR) is 105 cm³/mol. The largest absolute Gasteiger partial charge is 0.480 e. The molecule has 0 aromatic heterocycles. The first-order valence-electron chi connectivity index (χ1n) is 9.16. The van der Waals surface area contributed by atoms with Crippen molar-refractivity contribution in [3.63, 3.8) is 0 Å². The van der Waals surface area contributed by atoms with E-state index in [1.54, 1.807) is 13.8 Å². The van der Waals surface area contributed by atoms with E-state index in [9.17, 15) is 9.59 Å². The number of amides is 1. The molecular weight excluding hydrogens is 328 g/mol. The summed E-state index contributed by atoms with van der Waals surface area (Å²) < 4.78 is 5.62. The number of aryl methyl sites for hydroxylation is 1. The molecule has 1 atom stereocenters. The Morgan fingerprint density at radius 2 is 1.92 bits per heavy atom. The van der Waals surface area contributed by atoms with Crippen LogP contribution in [0, 0.1) is 0 Å². The summed E-state index contributed by atoms with van der Waals surface area (Å²) in [5.41, 5.74) is 1.69. The second kappa shape index (κ2) is 11.5. The summed E-state index contributed by atoms with van der Waals surface area (Å²) in [6.07, 6.45) is 6.48. The van der Waals surface area contributed by atoms with Gasteiger partial charge in [0.2, 0.25) is 6.41 Å². The van der Waals surface area contributed by atoms with Gasteiger partial charge in [-0.15, -0.1) is 0 Å². The van der Waals surface area contributed by atoms with Crippen LogP contribution in [0.1, 0.15) is 46.1 Å². The molecule has 0 fully saturated rings. The Bertz CT molecular complexity index is 579. The highest BCUT2D eigenvalue weighted by Gasteiger charge is 2.17. The lowest BCUT2D eigenvalue weighted by atomic mass is 10.0. The summed E-state index contributed by atoms with van der Waals surface area (Å²) in [5.74, 6) is 0.690. The van der Waals surface area contributed by atoms with Crippen molar-refractivity contribution >= 4 is 12.7 Å². The fraction of sp³-hybridized carbons (Fsp3) is 0.524. The standard InChI is InChI=1S/C21H32N2O3/c1-5-17(2)13-22-14-19(23-16-25)8-6-7-18-9-11-20(12-10-18)26-21(3,4)15-24/h5,9-12,15-16,19,22H,6-8,13-14H2,1-4H3,(H,23,25)/b17-5+. The Labute approximate surface area is 157 Å². The van der Waals surface area contributed by atoms with Crippen LogP contribution in [-0.2, 0) is 16.0 Å². The van der Waals surface area contributed by atoms with E-state index in [0.717, 1.165) is 45.0 Å². The molecule has 1 unspecified atom stereocenters. The van der Waals surface area contributed by atoms with Crippen LogP contribution in [0.15, 0.2) is 35.9 Å². The Hall–Kier alpha value is -2.14. The van der Waals surface area contributed by atoms with Gasteiger partial charge in [0.1, 0.15) is 5.75 Å². The molecule has 0 radical (unpaired) electrons. The molecule has 0 saturated carbocycles. The van der Waals surface area contributed by atoms with Crippen LogP contribution < -0.4 is 15.4 Å². The van der Waals surface area contributed by atoms with Crippen LogP contribution in [0.2, 0.25) is 0 Å². The quantitative estimate of drug-likeness (QED) is 0.419. The first-order chi connectivity index (χ1) is 12.4. The number of allylic oxidation sites excluding steroid dienone is 1. The molecule has 144 valence electrons. The van der Waals surface area contributed by atoms with Gasteiger partial charge >= 0.3 is 0 Å². The van der Waals surface area contributed by atoms with E-state index >= 15 is 0 Å². The molecule has 5 heteroatoms. The van der Waals surface area contributed by atoms with Crippen LogP contribution in [0.5, 0.6) is 5.75 Å². The molecule has 5 nitrogen and oxygen atoms in total. The van der Waals surface area contributed by atoms with Crippen LogP contribution in [0.3, 0.4) is 0 Å². The van der Waals surface area contributed by atoms with Gasteiger partial charge in [0, 0.05) is 19.1 Å². The maximum absolute atomic E-state index is 10.9. The number of carbonyl (C=O) groups excluding carboxylic acids is 2. The average molecular weight is 360 g/mol. The number of hydrogen-bond acceptors (Lipinski definition) is 4. The molecule has 0 bridgehead atoms. The van der Waals surface area contributed by atoms with Gasteiger partial charge in [-0.3, -0.25) is 9.59 Å². The second-order valence-corrected chi connectivity index (χ2v) is 7.11. The third-order valence-corrected chi connectivity index (χ3v) is 4.20. The summed E-state index contributed by atoms with van der Waals surface area (Å²) in [7, 11) is 0. The summed E-state index contributed by atoms with van der Waals surface area (Å²) >= 11 is 0. The number of carbonyl (C=O) groups is 2. The lowest BCUT2D eigenvalue weighted by molar-refractivity contribution is -0.119. The van der Waals surface area contributed by atoms with E-state index in [1.165, 1.54) is 11.1 Å². The number of benzene rings is 1. The average Bonchev–Trinajstić information content (AvgIpc) is 2.62. The molecule has 26 heavy (non-hydrogen) atoms. The molecule has 0 spiro atoms. The van der Waals surface area contributed by atoms with Crippen molar-refractivity contribution in [3.8, 4) is 5.75 Å². The molecule has 0 saturated heterocycles. The van der Waals surface area contributed by atoms with Crippen molar-refractivity contribution in [2.24, 2.45) is 0 Å². The van der Waals surface area contributed by atoms with Gasteiger partial charge in [-0.2, -0.15) is 0 Å². The van der Waals surface area contributed by atoms with Gasteiger partial charge in [-0.05, 0) is 64.7 Å². The van der Waals surface area contributed by atoms with E-state index in [2.05, 4.69) is 23.6 Å². The number of hydrogen-bond donors (Lipinski definition) is 2. The molecule has 0 aliphatic rings. The summed E-state index contributed by atoms with van der Waals surface area (Å²) in [6, 6.07) is 7.96. The van der Waals surface area contributed by atoms with E-state index in [-0.39, 0.29) is 6.04 Å². The highest BCUT2D eigenvalue weighted by Crippen LogP contribution is 2.18. The molecule has 1 rings (SSSR count). The normalized spacial score (nSPS) is 13.2. The van der Waals surface area contributed by atoms with E-state index < -0.39 is 5.60 Å². The van der Waals surface area contributed by atoms with Crippen molar-refractivity contribution in [2.75, 3.05) is 13.1 Å². The van der Waals surface area contributed by atoms with Crippen LogP contribution >= 0.6 is 0 Å². The van der Waals surface area contributed by atoms with Gasteiger partial charge in [0.25, 0.3) is 0 Å². The van der Waals surface area contributed by atoms with Crippen LogP contribution in [0.25, 0.3) is 0 Å².